The van der Waals surface area contributed by atoms with Crippen LogP contribution in [0.3, 0.4) is 0 Å². The van der Waals surface area contributed by atoms with E-state index >= 15 is 0 Å². The average molecular weight is 213 g/mol. The minimum Gasteiger partial charge on any atom is -0.468 e. The fraction of sp³-hybridized carbons (Fsp3) is 0.917. The van der Waals surface area contributed by atoms with Crippen LogP contribution in [0.2, 0.25) is 0 Å². The van der Waals surface area contributed by atoms with Gasteiger partial charge in [-0.3, -0.25) is 4.79 Å². The van der Waals surface area contributed by atoms with E-state index in [1.54, 1.807) is 0 Å². The zero-order chi connectivity index (χ0) is 11.3. The minimum atomic E-state index is -0.383. The first-order valence-corrected chi connectivity index (χ1v) is 6.02. The predicted molar refractivity (Wildman–Crippen MR) is 60.7 cm³/mol. The van der Waals surface area contributed by atoms with Crippen LogP contribution < -0.4 is 5.32 Å². The summed E-state index contributed by atoms with van der Waals surface area (Å²) in [6, 6.07) is 0. The maximum Gasteiger partial charge on any atom is 0.326 e. The Hall–Kier alpha value is -0.570. The van der Waals surface area contributed by atoms with E-state index in [1.807, 2.05) is 0 Å². The van der Waals surface area contributed by atoms with Gasteiger partial charge < -0.3 is 10.1 Å². The Bertz CT molecular complexity index is 218. The van der Waals surface area contributed by atoms with Gasteiger partial charge in [-0.1, -0.05) is 20.3 Å². The van der Waals surface area contributed by atoms with Crippen molar-refractivity contribution in [2.24, 2.45) is 5.92 Å². The molecule has 0 heterocycles. The standard InChI is InChI=1S/C12H23NO2/c1-4-8-13-12(11(14)15-3)7-6-10(5-2)9-12/h10,13H,4-9H2,1-3H3. The quantitative estimate of drug-likeness (QED) is 0.711. The zero-order valence-electron chi connectivity index (χ0n) is 10.1. The maximum atomic E-state index is 11.8. The second kappa shape index (κ2) is 5.50. The van der Waals surface area contributed by atoms with Gasteiger partial charge in [-0.05, 0) is 38.1 Å². The van der Waals surface area contributed by atoms with Gasteiger partial charge in [0.25, 0.3) is 0 Å². The van der Waals surface area contributed by atoms with Crippen molar-refractivity contribution in [2.45, 2.75) is 51.5 Å². The lowest BCUT2D eigenvalue weighted by atomic mass is 9.95. The summed E-state index contributed by atoms with van der Waals surface area (Å²) in [5, 5.41) is 3.39. The summed E-state index contributed by atoms with van der Waals surface area (Å²) in [5.41, 5.74) is -0.383. The van der Waals surface area contributed by atoms with Gasteiger partial charge in [0.2, 0.25) is 0 Å². The highest BCUT2D eigenvalue weighted by molar-refractivity contribution is 5.81. The molecular formula is C12H23NO2. The molecule has 1 fully saturated rings. The second-order valence-electron chi connectivity index (χ2n) is 4.52. The molecular weight excluding hydrogens is 190 g/mol. The van der Waals surface area contributed by atoms with Crippen LogP contribution in [0.15, 0.2) is 0 Å². The summed E-state index contributed by atoms with van der Waals surface area (Å²) in [6.07, 6.45) is 5.22. The molecule has 88 valence electrons. The highest BCUT2D eigenvalue weighted by Crippen LogP contribution is 2.37. The molecule has 0 radical (unpaired) electrons. The summed E-state index contributed by atoms with van der Waals surface area (Å²) in [5.74, 6) is 0.598. The monoisotopic (exact) mass is 213 g/mol. The Morgan fingerprint density at radius 2 is 2.27 bits per heavy atom. The molecule has 0 aliphatic heterocycles. The van der Waals surface area contributed by atoms with Gasteiger partial charge >= 0.3 is 5.97 Å². The molecule has 0 aromatic heterocycles. The number of rotatable bonds is 5. The summed E-state index contributed by atoms with van der Waals surface area (Å²) < 4.78 is 4.93. The Morgan fingerprint density at radius 1 is 1.53 bits per heavy atom. The second-order valence-corrected chi connectivity index (χ2v) is 4.52. The molecule has 0 saturated heterocycles. The van der Waals surface area contributed by atoms with E-state index in [0.717, 1.165) is 38.6 Å². The lowest BCUT2D eigenvalue weighted by Crippen LogP contribution is -2.51. The van der Waals surface area contributed by atoms with E-state index in [4.69, 9.17) is 4.74 Å². The topological polar surface area (TPSA) is 38.3 Å². The Kier molecular flexibility index (Phi) is 4.58. The molecule has 1 aliphatic carbocycles. The molecule has 1 aliphatic rings. The van der Waals surface area contributed by atoms with Crippen LogP contribution in [0, 0.1) is 5.92 Å². The summed E-state index contributed by atoms with van der Waals surface area (Å²) >= 11 is 0. The van der Waals surface area contributed by atoms with Crippen molar-refractivity contribution >= 4 is 5.97 Å². The molecule has 1 saturated carbocycles. The largest absolute Gasteiger partial charge is 0.468 e. The summed E-state index contributed by atoms with van der Waals surface area (Å²) in [4.78, 5) is 11.8. The number of nitrogens with one attached hydrogen (secondary N) is 1. The van der Waals surface area contributed by atoms with Gasteiger partial charge in [0.15, 0.2) is 0 Å². The van der Waals surface area contributed by atoms with Crippen LogP contribution in [0.25, 0.3) is 0 Å². The van der Waals surface area contributed by atoms with Crippen LogP contribution in [-0.4, -0.2) is 25.2 Å². The Labute approximate surface area is 92.6 Å². The molecule has 3 heteroatoms. The number of hydrogen-bond acceptors (Lipinski definition) is 3. The number of carbonyl (C=O) groups is 1. The molecule has 0 bridgehead atoms. The number of hydrogen-bond donors (Lipinski definition) is 1. The van der Waals surface area contributed by atoms with Crippen LogP contribution >= 0.6 is 0 Å². The van der Waals surface area contributed by atoms with Crippen LogP contribution in [-0.2, 0) is 9.53 Å². The predicted octanol–water partition coefficient (Wildman–Crippen LogP) is 2.11. The zero-order valence-corrected chi connectivity index (χ0v) is 10.1. The van der Waals surface area contributed by atoms with E-state index in [0.29, 0.717) is 5.92 Å². The number of carbonyl (C=O) groups excluding carboxylic acids is 1. The number of ether oxygens (including phenoxy) is 1. The van der Waals surface area contributed by atoms with E-state index in [-0.39, 0.29) is 11.5 Å². The Balaban J connectivity index is 2.65. The molecule has 0 spiro atoms. The first-order chi connectivity index (χ1) is 7.18. The summed E-state index contributed by atoms with van der Waals surface area (Å²) in [7, 11) is 1.48. The lowest BCUT2D eigenvalue weighted by Gasteiger charge is -2.27. The van der Waals surface area contributed by atoms with Crippen LogP contribution in [0.1, 0.15) is 46.0 Å². The maximum absolute atomic E-state index is 11.8. The van der Waals surface area contributed by atoms with E-state index in [1.165, 1.54) is 7.11 Å². The van der Waals surface area contributed by atoms with Crippen molar-refractivity contribution in [3.63, 3.8) is 0 Å². The minimum absolute atomic E-state index is 0.0769. The lowest BCUT2D eigenvalue weighted by molar-refractivity contribution is -0.148. The van der Waals surface area contributed by atoms with Crippen LogP contribution in [0.5, 0.6) is 0 Å². The third-order valence-electron chi connectivity index (χ3n) is 3.48. The molecule has 0 aromatic rings. The van der Waals surface area contributed by atoms with Crippen LogP contribution in [0.4, 0.5) is 0 Å². The molecule has 3 nitrogen and oxygen atoms in total. The van der Waals surface area contributed by atoms with Gasteiger partial charge in [-0.2, -0.15) is 0 Å². The SMILES string of the molecule is CCCNC1(C(=O)OC)CCC(CC)C1. The normalized spacial score (nSPS) is 30.5. The van der Waals surface area contributed by atoms with Gasteiger partial charge in [0.1, 0.15) is 5.54 Å². The molecule has 1 rings (SSSR count). The first-order valence-electron chi connectivity index (χ1n) is 6.02. The number of methoxy groups -OCH3 is 1. The molecule has 0 amide bonds. The fourth-order valence-corrected chi connectivity index (χ4v) is 2.47. The molecule has 0 aromatic carbocycles. The highest BCUT2D eigenvalue weighted by Gasteiger charge is 2.45. The van der Waals surface area contributed by atoms with Crippen molar-refractivity contribution in [1.29, 1.82) is 0 Å². The fourth-order valence-electron chi connectivity index (χ4n) is 2.47. The molecule has 2 atom stereocenters. The average Bonchev–Trinajstić information content (AvgIpc) is 2.70. The molecule has 15 heavy (non-hydrogen) atoms. The van der Waals surface area contributed by atoms with E-state index in [2.05, 4.69) is 19.2 Å². The van der Waals surface area contributed by atoms with Crippen molar-refractivity contribution in [1.82, 2.24) is 5.32 Å². The number of esters is 1. The van der Waals surface area contributed by atoms with Crippen molar-refractivity contribution in [2.75, 3.05) is 13.7 Å². The smallest absolute Gasteiger partial charge is 0.326 e. The van der Waals surface area contributed by atoms with E-state index < -0.39 is 0 Å². The van der Waals surface area contributed by atoms with Crippen molar-refractivity contribution < 1.29 is 9.53 Å². The van der Waals surface area contributed by atoms with Gasteiger partial charge in [0, 0.05) is 0 Å². The van der Waals surface area contributed by atoms with Gasteiger partial charge in [-0.15, -0.1) is 0 Å². The Morgan fingerprint density at radius 3 is 2.73 bits per heavy atom. The van der Waals surface area contributed by atoms with Gasteiger partial charge in [0.05, 0.1) is 7.11 Å². The third kappa shape index (κ3) is 2.71. The first kappa shape index (κ1) is 12.5. The highest BCUT2D eigenvalue weighted by atomic mass is 16.5. The van der Waals surface area contributed by atoms with E-state index in [9.17, 15) is 4.79 Å². The van der Waals surface area contributed by atoms with Crippen molar-refractivity contribution in [3.05, 3.63) is 0 Å². The molecule has 1 N–H and O–H groups in total. The third-order valence-corrected chi connectivity index (χ3v) is 3.48. The van der Waals surface area contributed by atoms with Gasteiger partial charge in [-0.25, -0.2) is 0 Å². The summed E-state index contributed by atoms with van der Waals surface area (Å²) in [6.45, 7) is 5.20. The van der Waals surface area contributed by atoms with Crippen molar-refractivity contribution in [3.8, 4) is 0 Å². The molecule has 2 unspecified atom stereocenters.